The van der Waals surface area contributed by atoms with Crippen molar-refractivity contribution in [1.29, 1.82) is 0 Å². The molecular weight excluding hydrogens is 252 g/mol. The molecule has 1 heterocycles. The minimum absolute atomic E-state index is 0.107. The summed E-state index contributed by atoms with van der Waals surface area (Å²) < 4.78 is 10.1. The Bertz CT molecular complexity index is 473. The molecule has 0 spiro atoms. The monoisotopic (exact) mass is 268 g/mol. The molecule has 0 atom stereocenters. The van der Waals surface area contributed by atoms with Crippen molar-refractivity contribution >= 4 is 11.7 Å². The van der Waals surface area contributed by atoms with E-state index < -0.39 is 10.9 Å². The number of pyridine rings is 1. The van der Waals surface area contributed by atoms with Crippen molar-refractivity contribution in [2.24, 2.45) is 0 Å². The van der Waals surface area contributed by atoms with Crippen LogP contribution in [-0.4, -0.2) is 28.6 Å². The Hall–Kier alpha value is -2.18. The number of rotatable bonds is 6. The summed E-state index contributed by atoms with van der Waals surface area (Å²) in [7, 11) is 0. The summed E-state index contributed by atoms with van der Waals surface area (Å²) in [6.45, 7) is 5.53. The Kier molecular flexibility index (Phi) is 5.23. The van der Waals surface area contributed by atoms with Crippen LogP contribution in [-0.2, 0) is 16.0 Å². The van der Waals surface area contributed by atoms with E-state index in [4.69, 9.17) is 9.47 Å². The van der Waals surface area contributed by atoms with E-state index in [1.54, 1.807) is 6.92 Å². The van der Waals surface area contributed by atoms with Crippen LogP contribution in [0.3, 0.4) is 0 Å². The number of nitro groups is 1. The van der Waals surface area contributed by atoms with E-state index in [1.807, 2.05) is 13.8 Å². The van der Waals surface area contributed by atoms with Gasteiger partial charge in [0.2, 0.25) is 5.88 Å². The quantitative estimate of drug-likeness (QED) is 0.444. The van der Waals surface area contributed by atoms with Crippen molar-refractivity contribution in [3.63, 3.8) is 0 Å². The van der Waals surface area contributed by atoms with Gasteiger partial charge in [-0.3, -0.25) is 14.9 Å². The molecule has 0 aliphatic heterocycles. The molecule has 1 aromatic heterocycles. The summed E-state index contributed by atoms with van der Waals surface area (Å²) in [6, 6.07) is 1.40. The number of hydrogen-bond acceptors (Lipinski definition) is 6. The topological polar surface area (TPSA) is 91.6 Å². The van der Waals surface area contributed by atoms with Gasteiger partial charge >= 0.3 is 5.97 Å². The van der Waals surface area contributed by atoms with Crippen LogP contribution in [0.5, 0.6) is 5.88 Å². The minimum atomic E-state index is -0.583. The molecule has 0 aliphatic carbocycles. The Morgan fingerprint density at radius 2 is 2.21 bits per heavy atom. The maximum Gasteiger partial charge on any atom is 0.310 e. The van der Waals surface area contributed by atoms with Crippen molar-refractivity contribution in [1.82, 2.24) is 4.98 Å². The van der Waals surface area contributed by atoms with E-state index in [-0.39, 0.29) is 36.3 Å². The molecule has 7 heteroatoms. The molecule has 0 aliphatic rings. The maximum atomic E-state index is 11.4. The third kappa shape index (κ3) is 4.53. The Labute approximate surface area is 110 Å². The van der Waals surface area contributed by atoms with Gasteiger partial charge in [-0.25, -0.2) is 4.98 Å². The molecule has 0 saturated carbocycles. The van der Waals surface area contributed by atoms with E-state index in [9.17, 15) is 14.9 Å². The lowest BCUT2D eigenvalue weighted by molar-refractivity contribution is -0.385. The first kappa shape index (κ1) is 14.9. The molecule has 0 N–H and O–H groups in total. The van der Waals surface area contributed by atoms with Gasteiger partial charge in [-0.1, -0.05) is 0 Å². The van der Waals surface area contributed by atoms with Gasteiger partial charge in [0.15, 0.2) is 0 Å². The zero-order chi connectivity index (χ0) is 14.4. The molecule has 7 nitrogen and oxygen atoms in total. The number of hydrogen-bond donors (Lipinski definition) is 0. The zero-order valence-corrected chi connectivity index (χ0v) is 11.1. The SMILES string of the molecule is CCOC(=O)Cc1cc(OC(C)C)ncc1[N+](=O)[O-]. The van der Waals surface area contributed by atoms with E-state index in [0.29, 0.717) is 0 Å². The zero-order valence-electron chi connectivity index (χ0n) is 11.1. The molecule has 0 radical (unpaired) electrons. The lowest BCUT2D eigenvalue weighted by Gasteiger charge is -2.10. The average molecular weight is 268 g/mol. The fourth-order valence-corrected chi connectivity index (χ4v) is 1.45. The first-order valence-electron chi connectivity index (χ1n) is 5.89. The molecule has 104 valence electrons. The molecular formula is C12H16N2O5. The van der Waals surface area contributed by atoms with Gasteiger partial charge in [-0.2, -0.15) is 0 Å². The van der Waals surface area contributed by atoms with Crippen LogP contribution in [0.4, 0.5) is 5.69 Å². The van der Waals surface area contributed by atoms with Crippen LogP contribution >= 0.6 is 0 Å². The number of carbonyl (C=O) groups excluding carboxylic acids is 1. The van der Waals surface area contributed by atoms with Crippen molar-refractivity contribution < 1.29 is 19.2 Å². The summed E-state index contributed by atoms with van der Waals surface area (Å²) in [6.07, 6.45) is 0.803. The highest BCUT2D eigenvalue weighted by atomic mass is 16.6. The van der Waals surface area contributed by atoms with Gasteiger partial charge in [0.1, 0.15) is 6.20 Å². The molecule has 0 bridgehead atoms. The standard InChI is InChI=1S/C12H16N2O5/c1-4-18-12(15)6-9-5-11(19-8(2)3)13-7-10(9)14(16)17/h5,7-8H,4,6H2,1-3H3. The van der Waals surface area contributed by atoms with E-state index >= 15 is 0 Å². The van der Waals surface area contributed by atoms with Crippen LogP contribution in [0.25, 0.3) is 0 Å². The number of nitrogens with zero attached hydrogens (tertiary/aromatic N) is 2. The summed E-state index contributed by atoms with van der Waals surface area (Å²) in [4.78, 5) is 25.5. The Morgan fingerprint density at radius 3 is 2.74 bits per heavy atom. The highest BCUT2D eigenvalue weighted by Gasteiger charge is 2.19. The van der Waals surface area contributed by atoms with Crippen molar-refractivity contribution in [3.8, 4) is 5.88 Å². The van der Waals surface area contributed by atoms with Gasteiger partial charge in [-0.05, 0) is 20.8 Å². The largest absolute Gasteiger partial charge is 0.475 e. The van der Waals surface area contributed by atoms with Crippen LogP contribution in [0.2, 0.25) is 0 Å². The number of ether oxygens (including phenoxy) is 2. The third-order valence-corrected chi connectivity index (χ3v) is 2.13. The number of aromatic nitrogens is 1. The predicted molar refractivity (Wildman–Crippen MR) is 67.0 cm³/mol. The first-order valence-corrected chi connectivity index (χ1v) is 5.89. The van der Waals surface area contributed by atoms with E-state index in [1.165, 1.54) is 6.07 Å². The summed E-state index contributed by atoms with van der Waals surface area (Å²) in [5, 5.41) is 10.9. The van der Waals surface area contributed by atoms with Crippen LogP contribution in [0.15, 0.2) is 12.3 Å². The van der Waals surface area contributed by atoms with Crippen LogP contribution in [0, 0.1) is 10.1 Å². The van der Waals surface area contributed by atoms with Crippen molar-refractivity contribution in [2.45, 2.75) is 33.3 Å². The second-order valence-corrected chi connectivity index (χ2v) is 4.06. The van der Waals surface area contributed by atoms with Crippen LogP contribution < -0.4 is 4.74 Å². The smallest absolute Gasteiger partial charge is 0.310 e. The van der Waals surface area contributed by atoms with Crippen LogP contribution in [0.1, 0.15) is 26.3 Å². The van der Waals surface area contributed by atoms with Crippen molar-refractivity contribution in [3.05, 3.63) is 27.9 Å². The third-order valence-electron chi connectivity index (χ3n) is 2.13. The highest BCUT2D eigenvalue weighted by molar-refractivity contribution is 5.74. The second kappa shape index (κ2) is 6.67. The lowest BCUT2D eigenvalue weighted by atomic mass is 10.1. The molecule has 0 unspecified atom stereocenters. The fourth-order valence-electron chi connectivity index (χ4n) is 1.45. The predicted octanol–water partition coefficient (Wildman–Crippen LogP) is 1.88. The van der Waals surface area contributed by atoms with E-state index in [2.05, 4.69) is 4.98 Å². The van der Waals surface area contributed by atoms with E-state index in [0.717, 1.165) is 6.20 Å². The fraction of sp³-hybridized carbons (Fsp3) is 0.500. The van der Waals surface area contributed by atoms with Gasteiger partial charge in [0.25, 0.3) is 5.69 Å². The lowest BCUT2D eigenvalue weighted by Crippen LogP contribution is -2.11. The highest BCUT2D eigenvalue weighted by Crippen LogP contribution is 2.22. The van der Waals surface area contributed by atoms with Crippen molar-refractivity contribution in [2.75, 3.05) is 6.61 Å². The van der Waals surface area contributed by atoms with Gasteiger partial charge < -0.3 is 9.47 Å². The number of carbonyl (C=O) groups is 1. The molecule has 1 rings (SSSR count). The Balaban J connectivity index is 3.01. The molecule has 1 aromatic rings. The van der Waals surface area contributed by atoms with Gasteiger partial charge in [0, 0.05) is 11.6 Å². The Morgan fingerprint density at radius 1 is 1.53 bits per heavy atom. The normalized spacial score (nSPS) is 10.3. The minimum Gasteiger partial charge on any atom is -0.475 e. The summed E-state index contributed by atoms with van der Waals surface area (Å²) >= 11 is 0. The molecule has 0 fully saturated rings. The average Bonchev–Trinajstić information content (AvgIpc) is 2.28. The molecule has 0 amide bonds. The molecule has 19 heavy (non-hydrogen) atoms. The number of esters is 1. The van der Waals surface area contributed by atoms with Gasteiger partial charge in [-0.15, -0.1) is 0 Å². The first-order chi connectivity index (χ1) is 8.93. The molecule has 0 saturated heterocycles. The maximum absolute atomic E-state index is 11.4. The van der Waals surface area contributed by atoms with Gasteiger partial charge in [0.05, 0.1) is 24.1 Å². The molecule has 0 aromatic carbocycles. The second-order valence-electron chi connectivity index (χ2n) is 4.06. The summed E-state index contributed by atoms with van der Waals surface area (Å²) in [5.74, 6) is -0.271. The summed E-state index contributed by atoms with van der Waals surface area (Å²) in [5.41, 5.74) is 0.0123.